The number of nitrogens with zero attached hydrogens (tertiary/aromatic N) is 1. The molecule has 3 rings (SSSR count). The van der Waals surface area contributed by atoms with Gasteiger partial charge in [-0.1, -0.05) is 75.4 Å². The summed E-state index contributed by atoms with van der Waals surface area (Å²) in [6, 6.07) is 21.2. The van der Waals surface area contributed by atoms with Crippen molar-refractivity contribution < 1.29 is 0 Å². The predicted molar refractivity (Wildman–Crippen MR) is 111 cm³/mol. The Hall–Kier alpha value is -1.64. The Morgan fingerprint density at radius 2 is 1.65 bits per heavy atom. The Bertz CT molecular complexity index is 688. The molecule has 140 valence electrons. The quantitative estimate of drug-likeness (QED) is 0.675. The molecule has 0 heterocycles. The van der Waals surface area contributed by atoms with E-state index < -0.39 is 0 Å². The molecule has 2 aromatic carbocycles. The number of nitrogens with one attached hydrogen (secondary N) is 1. The summed E-state index contributed by atoms with van der Waals surface area (Å²) < 4.78 is 0. The first-order valence-electron chi connectivity index (χ1n) is 10.2. The lowest BCUT2D eigenvalue weighted by atomic mass is 9.97. The van der Waals surface area contributed by atoms with Crippen molar-refractivity contribution >= 4 is 0 Å². The van der Waals surface area contributed by atoms with Crippen LogP contribution in [0.2, 0.25) is 0 Å². The third kappa shape index (κ3) is 4.75. The van der Waals surface area contributed by atoms with E-state index in [1.165, 1.54) is 29.5 Å². The second-order valence-electron chi connectivity index (χ2n) is 8.18. The number of benzene rings is 2. The molecule has 1 unspecified atom stereocenters. The van der Waals surface area contributed by atoms with Crippen molar-refractivity contribution in [2.45, 2.75) is 71.1 Å². The van der Waals surface area contributed by atoms with Gasteiger partial charge in [-0.3, -0.25) is 4.90 Å². The maximum Gasteiger partial charge on any atom is 0.0438 e. The van der Waals surface area contributed by atoms with Gasteiger partial charge in [0.15, 0.2) is 0 Å². The average Bonchev–Trinajstić information content (AvgIpc) is 3.40. The summed E-state index contributed by atoms with van der Waals surface area (Å²) >= 11 is 0. The standard InChI is InChI=1S/C24H34N2/c1-5-26(18-21-10-7-6-8-11-21)20(4)16-22-12-9-13-23(17-22)24(14-15-24)25-19(2)3/h6-13,17,19-20,25H,5,14-16,18H2,1-4H3. The minimum atomic E-state index is 0.238. The molecule has 1 saturated carbocycles. The summed E-state index contributed by atoms with van der Waals surface area (Å²) in [5.41, 5.74) is 4.57. The van der Waals surface area contributed by atoms with Crippen LogP contribution in [-0.4, -0.2) is 23.5 Å². The minimum Gasteiger partial charge on any atom is -0.305 e. The molecule has 1 atom stereocenters. The number of likely N-dealkylation sites (N-methyl/N-ethyl adjacent to an activating group) is 1. The molecule has 1 aliphatic carbocycles. The van der Waals surface area contributed by atoms with Gasteiger partial charge in [0.1, 0.15) is 0 Å². The molecule has 0 aliphatic heterocycles. The molecule has 0 amide bonds. The maximum atomic E-state index is 3.78. The Labute approximate surface area is 159 Å². The van der Waals surface area contributed by atoms with Crippen LogP contribution in [0.25, 0.3) is 0 Å². The van der Waals surface area contributed by atoms with Gasteiger partial charge in [-0.2, -0.15) is 0 Å². The van der Waals surface area contributed by atoms with Crippen molar-refractivity contribution in [2.75, 3.05) is 6.54 Å². The summed E-state index contributed by atoms with van der Waals surface area (Å²) in [4.78, 5) is 2.57. The van der Waals surface area contributed by atoms with E-state index in [1.807, 2.05) is 0 Å². The van der Waals surface area contributed by atoms with E-state index in [-0.39, 0.29) is 5.54 Å². The number of rotatable bonds is 9. The van der Waals surface area contributed by atoms with Crippen molar-refractivity contribution in [1.29, 1.82) is 0 Å². The third-order valence-corrected chi connectivity index (χ3v) is 5.58. The fraction of sp³-hybridized carbons (Fsp3) is 0.500. The zero-order valence-corrected chi connectivity index (χ0v) is 16.8. The van der Waals surface area contributed by atoms with Crippen LogP contribution >= 0.6 is 0 Å². The zero-order valence-electron chi connectivity index (χ0n) is 16.8. The lowest BCUT2D eigenvalue weighted by Gasteiger charge is -2.28. The highest BCUT2D eigenvalue weighted by atomic mass is 15.1. The van der Waals surface area contributed by atoms with Crippen LogP contribution in [0.4, 0.5) is 0 Å². The molecular weight excluding hydrogens is 316 g/mol. The molecule has 0 spiro atoms. The van der Waals surface area contributed by atoms with Crippen LogP contribution in [0.15, 0.2) is 54.6 Å². The van der Waals surface area contributed by atoms with Crippen LogP contribution in [0.3, 0.4) is 0 Å². The molecule has 0 radical (unpaired) electrons. The van der Waals surface area contributed by atoms with Gasteiger partial charge in [0.2, 0.25) is 0 Å². The van der Waals surface area contributed by atoms with Gasteiger partial charge in [0.05, 0.1) is 0 Å². The van der Waals surface area contributed by atoms with Crippen LogP contribution < -0.4 is 5.32 Å². The molecule has 0 bridgehead atoms. The molecule has 0 aromatic heterocycles. The monoisotopic (exact) mass is 350 g/mol. The van der Waals surface area contributed by atoms with E-state index in [2.05, 4.69) is 92.5 Å². The van der Waals surface area contributed by atoms with E-state index in [9.17, 15) is 0 Å². The zero-order chi connectivity index (χ0) is 18.6. The molecule has 1 aliphatic rings. The highest BCUT2D eigenvalue weighted by Gasteiger charge is 2.44. The predicted octanol–water partition coefficient (Wildman–Crippen LogP) is 5.13. The van der Waals surface area contributed by atoms with Gasteiger partial charge < -0.3 is 5.32 Å². The molecule has 1 fully saturated rings. The SMILES string of the molecule is CCN(Cc1ccccc1)C(C)Cc1cccc(C2(NC(C)C)CC2)c1. The molecular formula is C24H34N2. The van der Waals surface area contributed by atoms with Crippen LogP contribution in [-0.2, 0) is 18.5 Å². The van der Waals surface area contributed by atoms with Crippen molar-refractivity contribution in [3.05, 3.63) is 71.3 Å². The van der Waals surface area contributed by atoms with E-state index in [0.29, 0.717) is 12.1 Å². The third-order valence-electron chi connectivity index (χ3n) is 5.58. The van der Waals surface area contributed by atoms with Gasteiger partial charge in [-0.05, 0) is 49.4 Å². The van der Waals surface area contributed by atoms with Crippen LogP contribution in [0.1, 0.15) is 57.2 Å². The molecule has 2 heteroatoms. The van der Waals surface area contributed by atoms with Crippen molar-refractivity contribution in [2.24, 2.45) is 0 Å². The molecule has 1 N–H and O–H groups in total. The second kappa shape index (κ2) is 8.37. The fourth-order valence-electron chi connectivity index (χ4n) is 4.06. The minimum absolute atomic E-state index is 0.238. The average molecular weight is 351 g/mol. The Kier molecular flexibility index (Phi) is 6.16. The summed E-state index contributed by atoms with van der Waals surface area (Å²) in [5.74, 6) is 0. The molecule has 2 aromatic rings. The van der Waals surface area contributed by atoms with E-state index >= 15 is 0 Å². The normalized spacial score (nSPS) is 16.8. The Morgan fingerprint density at radius 1 is 0.962 bits per heavy atom. The summed E-state index contributed by atoms with van der Waals surface area (Å²) in [6.07, 6.45) is 3.63. The van der Waals surface area contributed by atoms with Crippen molar-refractivity contribution in [1.82, 2.24) is 10.2 Å². The smallest absolute Gasteiger partial charge is 0.0438 e. The number of hydrogen-bond donors (Lipinski definition) is 1. The Balaban J connectivity index is 1.67. The van der Waals surface area contributed by atoms with Gasteiger partial charge in [0, 0.05) is 24.2 Å². The van der Waals surface area contributed by atoms with Gasteiger partial charge >= 0.3 is 0 Å². The molecule has 2 nitrogen and oxygen atoms in total. The van der Waals surface area contributed by atoms with Crippen molar-refractivity contribution in [3.63, 3.8) is 0 Å². The first-order chi connectivity index (χ1) is 12.5. The van der Waals surface area contributed by atoms with Crippen molar-refractivity contribution in [3.8, 4) is 0 Å². The molecule has 26 heavy (non-hydrogen) atoms. The van der Waals surface area contributed by atoms with Crippen LogP contribution in [0.5, 0.6) is 0 Å². The number of hydrogen-bond acceptors (Lipinski definition) is 2. The second-order valence-corrected chi connectivity index (χ2v) is 8.18. The fourth-order valence-corrected chi connectivity index (χ4v) is 4.06. The van der Waals surface area contributed by atoms with Crippen LogP contribution in [0, 0.1) is 0 Å². The largest absolute Gasteiger partial charge is 0.305 e. The summed E-state index contributed by atoms with van der Waals surface area (Å²) in [6.45, 7) is 11.2. The molecule has 0 saturated heterocycles. The highest BCUT2D eigenvalue weighted by molar-refractivity contribution is 5.34. The van der Waals surface area contributed by atoms with E-state index in [1.54, 1.807) is 0 Å². The lowest BCUT2D eigenvalue weighted by Crippen LogP contribution is -2.35. The Morgan fingerprint density at radius 3 is 2.27 bits per heavy atom. The topological polar surface area (TPSA) is 15.3 Å². The van der Waals surface area contributed by atoms with E-state index in [0.717, 1.165) is 19.5 Å². The summed E-state index contributed by atoms with van der Waals surface area (Å²) in [7, 11) is 0. The van der Waals surface area contributed by atoms with Gasteiger partial charge in [-0.25, -0.2) is 0 Å². The lowest BCUT2D eigenvalue weighted by molar-refractivity contribution is 0.209. The first-order valence-corrected chi connectivity index (χ1v) is 10.2. The maximum absolute atomic E-state index is 3.78. The van der Waals surface area contributed by atoms with E-state index in [4.69, 9.17) is 0 Å². The highest BCUT2D eigenvalue weighted by Crippen LogP contribution is 2.46. The van der Waals surface area contributed by atoms with Gasteiger partial charge in [-0.15, -0.1) is 0 Å². The summed E-state index contributed by atoms with van der Waals surface area (Å²) in [5, 5.41) is 3.78. The first kappa shape index (κ1) is 19.1. The van der Waals surface area contributed by atoms with Gasteiger partial charge in [0.25, 0.3) is 0 Å².